The maximum Gasteiger partial charge on any atom is 0.341 e. The van der Waals surface area contributed by atoms with Gasteiger partial charge in [0, 0.05) is 38.3 Å². The number of pyridine rings is 1. The van der Waals surface area contributed by atoms with Gasteiger partial charge in [-0.1, -0.05) is 6.92 Å². The number of rotatable bonds is 4. The SMILES string of the molecule is CCN1CCC2(CCN(c3c(F)cc4c(=O)c(C(=O)O)cn(NC)c4c3F)C2)C1. The molecule has 2 saturated heterocycles. The molecule has 0 saturated carbocycles. The summed E-state index contributed by atoms with van der Waals surface area (Å²) in [4.78, 5) is 27.9. The highest BCUT2D eigenvalue weighted by Crippen LogP contribution is 2.42. The summed E-state index contributed by atoms with van der Waals surface area (Å²) >= 11 is 0. The molecule has 29 heavy (non-hydrogen) atoms. The first kappa shape index (κ1) is 19.6. The van der Waals surface area contributed by atoms with Crippen molar-refractivity contribution in [2.24, 2.45) is 5.41 Å². The lowest BCUT2D eigenvalue weighted by atomic mass is 9.86. The van der Waals surface area contributed by atoms with Crippen LogP contribution in [0.5, 0.6) is 0 Å². The predicted octanol–water partition coefficient (Wildman–Crippen LogP) is 2.07. The third-order valence-corrected chi connectivity index (χ3v) is 6.35. The Hall–Kier alpha value is -2.68. The molecular weight excluding hydrogens is 382 g/mol. The largest absolute Gasteiger partial charge is 0.477 e. The highest BCUT2D eigenvalue weighted by molar-refractivity contribution is 5.94. The van der Waals surface area contributed by atoms with E-state index in [0.717, 1.165) is 49.4 Å². The van der Waals surface area contributed by atoms with Crippen molar-refractivity contribution in [1.82, 2.24) is 9.58 Å². The van der Waals surface area contributed by atoms with Crippen LogP contribution >= 0.6 is 0 Å². The van der Waals surface area contributed by atoms with Crippen molar-refractivity contribution < 1.29 is 18.7 Å². The van der Waals surface area contributed by atoms with Crippen LogP contribution in [0, 0.1) is 17.0 Å². The standard InChI is InChI=1S/C20H24F2N4O3/c1-3-24-6-4-20(10-24)5-7-25(11-20)17-14(21)8-12-16(15(17)22)26(23-2)9-13(18(12)27)19(28)29/h8-9,23H,3-7,10-11H2,1-2H3,(H,28,29). The van der Waals surface area contributed by atoms with Gasteiger partial charge in [-0.15, -0.1) is 0 Å². The number of anilines is 1. The van der Waals surface area contributed by atoms with Gasteiger partial charge in [0.05, 0.1) is 5.39 Å². The van der Waals surface area contributed by atoms with Gasteiger partial charge in [-0.3, -0.25) is 9.47 Å². The number of hydrogen-bond acceptors (Lipinski definition) is 5. The van der Waals surface area contributed by atoms with Gasteiger partial charge < -0.3 is 20.3 Å². The molecule has 2 aliphatic heterocycles. The molecule has 9 heteroatoms. The van der Waals surface area contributed by atoms with E-state index in [9.17, 15) is 19.1 Å². The second-order valence-corrected chi connectivity index (χ2v) is 7.98. The Balaban J connectivity index is 1.82. The van der Waals surface area contributed by atoms with E-state index in [1.807, 2.05) is 0 Å². The van der Waals surface area contributed by atoms with E-state index in [1.165, 1.54) is 7.05 Å². The van der Waals surface area contributed by atoms with Crippen LogP contribution in [0.2, 0.25) is 0 Å². The fourth-order valence-corrected chi connectivity index (χ4v) is 4.78. The van der Waals surface area contributed by atoms with E-state index in [4.69, 9.17) is 0 Å². The molecule has 1 atom stereocenters. The van der Waals surface area contributed by atoms with Crippen LogP contribution in [-0.2, 0) is 0 Å². The molecule has 2 fully saturated rings. The minimum atomic E-state index is -1.45. The molecule has 4 rings (SSSR count). The first-order valence-electron chi connectivity index (χ1n) is 9.76. The first-order chi connectivity index (χ1) is 13.8. The quantitative estimate of drug-likeness (QED) is 0.810. The van der Waals surface area contributed by atoms with Crippen molar-refractivity contribution in [2.75, 3.05) is 50.1 Å². The lowest BCUT2D eigenvalue weighted by Gasteiger charge is -2.26. The van der Waals surface area contributed by atoms with Crippen LogP contribution in [0.4, 0.5) is 14.5 Å². The van der Waals surface area contributed by atoms with Crippen LogP contribution in [0.1, 0.15) is 30.1 Å². The van der Waals surface area contributed by atoms with E-state index in [2.05, 4.69) is 17.2 Å². The smallest absolute Gasteiger partial charge is 0.341 e. The zero-order valence-electron chi connectivity index (χ0n) is 16.5. The summed E-state index contributed by atoms with van der Waals surface area (Å²) in [5, 5.41) is 8.93. The van der Waals surface area contributed by atoms with Gasteiger partial charge in [-0.25, -0.2) is 13.6 Å². The number of carboxylic acids is 1. The van der Waals surface area contributed by atoms with Gasteiger partial charge in [0.1, 0.15) is 22.6 Å². The zero-order valence-corrected chi connectivity index (χ0v) is 16.5. The fraction of sp³-hybridized carbons (Fsp3) is 0.500. The Bertz CT molecular complexity index is 1050. The number of aromatic carboxylic acids is 1. The fourth-order valence-electron chi connectivity index (χ4n) is 4.78. The summed E-state index contributed by atoms with van der Waals surface area (Å²) in [5.74, 6) is -3.15. The topological polar surface area (TPSA) is 77.8 Å². The summed E-state index contributed by atoms with van der Waals surface area (Å²) in [6, 6.07) is 0.953. The van der Waals surface area contributed by atoms with Crippen molar-refractivity contribution in [1.29, 1.82) is 0 Å². The molecule has 1 aromatic heterocycles. The van der Waals surface area contributed by atoms with Gasteiger partial charge in [0.15, 0.2) is 5.82 Å². The second-order valence-electron chi connectivity index (χ2n) is 7.98. The Morgan fingerprint density at radius 2 is 2.00 bits per heavy atom. The van der Waals surface area contributed by atoms with Gasteiger partial charge >= 0.3 is 5.97 Å². The molecule has 1 aromatic carbocycles. The van der Waals surface area contributed by atoms with Gasteiger partial charge in [-0.2, -0.15) is 0 Å². The average Bonchev–Trinajstić information content (AvgIpc) is 3.29. The number of carbonyl (C=O) groups is 1. The number of carboxylic acid groups (broad SMARTS) is 1. The lowest BCUT2D eigenvalue weighted by Crippen LogP contribution is -2.32. The predicted molar refractivity (Wildman–Crippen MR) is 106 cm³/mol. The lowest BCUT2D eigenvalue weighted by molar-refractivity contribution is 0.0695. The number of benzene rings is 1. The molecule has 2 aliphatic rings. The summed E-state index contributed by atoms with van der Waals surface area (Å²) in [6.07, 6.45) is 2.88. The number of halogens is 2. The molecule has 7 nitrogen and oxygen atoms in total. The third-order valence-electron chi connectivity index (χ3n) is 6.35. The molecule has 2 aromatic rings. The van der Waals surface area contributed by atoms with Crippen LogP contribution < -0.4 is 15.8 Å². The van der Waals surface area contributed by atoms with Crippen molar-refractivity contribution in [3.05, 3.63) is 39.7 Å². The third kappa shape index (κ3) is 3.04. The van der Waals surface area contributed by atoms with E-state index in [1.54, 1.807) is 4.90 Å². The summed E-state index contributed by atoms with van der Waals surface area (Å²) in [6.45, 7) is 6.07. The van der Waals surface area contributed by atoms with E-state index in [0.29, 0.717) is 13.1 Å². The molecule has 156 valence electrons. The van der Waals surface area contributed by atoms with Crippen molar-refractivity contribution in [3.63, 3.8) is 0 Å². The molecule has 0 aliphatic carbocycles. The Morgan fingerprint density at radius 3 is 2.62 bits per heavy atom. The second kappa shape index (κ2) is 6.98. The highest BCUT2D eigenvalue weighted by atomic mass is 19.1. The van der Waals surface area contributed by atoms with Gasteiger partial charge in [0.2, 0.25) is 5.43 Å². The van der Waals surface area contributed by atoms with Crippen LogP contribution in [0.15, 0.2) is 17.1 Å². The average molecular weight is 406 g/mol. The zero-order chi connectivity index (χ0) is 20.9. The number of hydrogen-bond donors (Lipinski definition) is 2. The minimum absolute atomic E-state index is 0.0275. The number of fused-ring (bicyclic) bond motifs is 1. The van der Waals surface area contributed by atoms with Gasteiger partial charge in [-0.05, 0) is 32.0 Å². The van der Waals surface area contributed by atoms with Crippen molar-refractivity contribution >= 4 is 22.6 Å². The minimum Gasteiger partial charge on any atom is -0.477 e. The number of aromatic nitrogens is 1. The van der Waals surface area contributed by atoms with E-state index in [-0.39, 0.29) is 22.0 Å². The van der Waals surface area contributed by atoms with Crippen molar-refractivity contribution in [3.8, 4) is 0 Å². The molecule has 2 N–H and O–H groups in total. The van der Waals surface area contributed by atoms with Gasteiger partial charge in [0.25, 0.3) is 0 Å². The summed E-state index contributed by atoms with van der Waals surface area (Å²) in [7, 11) is 1.47. The molecule has 0 bridgehead atoms. The van der Waals surface area contributed by atoms with Crippen LogP contribution in [0.25, 0.3) is 10.9 Å². The number of nitrogens with zero attached hydrogens (tertiary/aromatic N) is 3. The van der Waals surface area contributed by atoms with E-state index >= 15 is 4.39 Å². The molecule has 1 unspecified atom stereocenters. The molecule has 1 spiro atoms. The maximum atomic E-state index is 15.5. The van der Waals surface area contributed by atoms with Crippen LogP contribution in [-0.4, -0.2) is 60.4 Å². The molecular formula is C20H24F2N4O3. The van der Waals surface area contributed by atoms with Crippen molar-refractivity contribution in [2.45, 2.75) is 19.8 Å². The summed E-state index contributed by atoms with van der Waals surface area (Å²) in [5.41, 5.74) is 0.920. The maximum absolute atomic E-state index is 15.5. The Morgan fingerprint density at radius 1 is 1.28 bits per heavy atom. The van der Waals surface area contributed by atoms with E-state index < -0.39 is 28.6 Å². The number of nitrogens with one attached hydrogen (secondary N) is 1. The molecule has 3 heterocycles. The molecule has 0 radical (unpaired) electrons. The Labute approximate surface area is 166 Å². The Kier molecular flexibility index (Phi) is 4.72. The first-order valence-corrected chi connectivity index (χ1v) is 9.76. The van der Waals surface area contributed by atoms with Crippen LogP contribution in [0.3, 0.4) is 0 Å². The molecule has 0 amide bonds. The monoisotopic (exact) mass is 406 g/mol. The summed E-state index contributed by atoms with van der Waals surface area (Å²) < 4.78 is 31.6. The normalized spacial score (nSPS) is 22.1. The highest BCUT2D eigenvalue weighted by Gasteiger charge is 2.44. The number of likely N-dealkylation sites (tertiary alicyclic amines) is 1.